The lowest BCUT2D eigenvalue weighted by Crippen LogP contribution is -2.03. The van der Waals surface area contributed by atoms with Crippen LogP contribution in [0.15, 0.2) is 47.5 Å². The highest BCUT2D eigenvalue weighted by atomic mass is 79.9. The Balaban J connectivity index is 2.17. The molecule has 2 aromatic rings. The van der Waals surface area contributed by atoms with Crippen LogP contribution in [0.25, 0.3) is 0 Å². The van der Waals surface area contributed by atoms with Crippen molar-refractivity contribution in [3.05, 3.63) is 63.1 Å². The van der Waals surface area contributed by atoms with Gasteiger partial charge in [0.15, 0.2) is 11.5 Å². The van der Waals surface area contributed by atoms with Crippen LogP contribution in [0, 0.1) is 0 Å². The molecule has 0 aliphatic heterocycles. The molecule has 0 bridgehead atoms. The van der Waals surface area contributed by atoms with Gasteiger partial charge in [0, 0.05) is 16.7 Å². The lowest BCUT2D eigenvalue weighted by atomic mass is 10.2. The Kier molecular flexibility index (Phi) is 7.28. The number of hydrogen-bond acceptors (Lipinski definition) is 3. The van der Waals surface area contributed by atoms with Crippen LogP contribution in [0.1, 0.15) is 12.5 Å². The highest BCUT2D eigenvalue weighted by molar-refractivity contribution is 9.10. The maximum absolute atomic E-state index is 6.34. The Morgan fingerprint density at radius 2 is 1.96 bits per heavy atom. The third-order valence-electron chi connectivity index (χ3n) is 3.13. The summed E-state index contributed by atoms with van der Waals surface area (Å²) in [6.45, 7) is 7.04. The summed E-state index contributed by atoms with van der Waals surface area (Å²) in [6.07, 6.45) is 1.67. The van der Waals surface area contributed by atoms with Gasteiger partial charge in [0.25, 0.3) is 0 Å². The second-order valence-corrected chi connectivity index (χ2v) is 6.59. The number of rotatable bonds is 8. The SMILES string of the molecule is C=CCOc1c(Cl)cc(CNc2ccc(Br)c(Cl)c2)cc1OCC. The van der Waals surface area contributed by atoms with Crippen LogP contribution in [0.5, 0.6) is 11.5 Å². The summed E-state index contributed by atoms with van der Waals surface area (Å²) in [5.41, 5.74) is 1.90. The second-order valence-electron chi connectivity index (χ2n) is 4.92. The fourth-order valence-electron chi connectivity index (χ4n) is 2.08. The van der Waals surface area contributed by atoms with Gasteiger partial charge in [-0.2, -0.15) is 0 Å². The number of benzene rings is 2. The molecule has 1 N–H and O–H groups in total. The second kappa shape index (κ2) is 9.21. The van der Waals surface area contributed by atoms with Crippen molar-refractivity contribution >= 4 is 44.8 Å². The van der Waals surface area contributed by atoms with Crippen LogP contribution < -0.4 is 14.8 Å². The molecule has 0 unspecified atom stereocenters. The van der Waals surface area contributed by atoms with Crippen molar-refractivity contribution in [1.29, 1.82) is 0 Å². The normalized spacial score (nSPS) is 10.3. The molecular weight excluding hydrogens is 413 g/mol. The van der Waals surface area contributed by atoms with Gasteiger partial charge in [-0.3, -0.25) is 0 Å². The maximum Gasteiger partial charge on any atom is 0.180 e. The van der Waals surface area contributed by atoms with E-state index in [9.17, 15) is 0 Å². The first kappa shape index (κ1) is 19.0. The first-order chi connectivity index (χ1) is 11.5. The first-order valence-electron chi connectivity index (χ1n) is 7.43. The van der Waals surface area contributed by atoms with Crippen LogP contribution in [0.4, 0.5) is 5.69 Å². The number of ether oxygens (including phenoxy) is 2. The lowest BCUT2D eigenvalue weighted by Gasteiger charge is -2.15. The van der Waals surface area contributed by atoms with Crippen LogP contribution >= 0.6 is 39.1 Å². The standard InChI is InChI=1S/C18H18BrCl2NO2/c1-3-7-24-18-16(21)8-12(9-17(18)23-4-2)11-22-13-5-6-14(19)15(20)10-13/h3,5-6,8-10,22H,1,4,7,11H2,2H3. The van der Waals surface area contributed by atoms with Crippen molar-refractivity contribution in [3.63, 3.8) is 0 Å². The number of halogens is 3. The molecule has 0 aliphatic carbocycles. The molecule has 0 aliphatic rings. The third-order valence-corrected chi connectivity index (χ3v) is 4.64. The average Bonchev–Trinajstić information content (AvgIpc) is 2.55. The molecule has 128 valence electrons. The molecule has 2 rings (SSSR count). The van der Waals surface area contributed by atoms with E-state index in [1.807, 2.05) is 37.3 Å². The molecule has 3 nitrogen and oxygen atoms in total. The van der Waals surface area contributed by atoms with Crippen LogP contribution in [-0.4, -0.2) is 13.2 Å². The van der Waals surface area contributed by atoms with Gasteiger partial charge < -0.3 is 14.8 Å². The highest BCUT2D eigenvalue weighted by Crippen LogP contribution is 2.37. The zero-order chi connectivity index (χ0) is 17.5. The molecule has 6 heteroatoms. The summed E-state index contributed by atoms with van der Waals surface area (Å²) in [4.78, 5) is 0. The van der Waals surface area contributed by atoms with E-state index >= 15 is 0 Å². The fraction of sp³-hybridized carbons (Fsp3) is 0.222. The van der Waals surface area contributed by atoms with Crippen LogP contribution in [0.3, 0.4) is 0 Å². The third kappa shape index (κ3) is 5.07. The van der Waals surface area contributed by atoms with Gasteiger partial charge in [-0.1, -0.05) is 35.9 Å². The van der Waals surface area contributed by atoms with Crippen molar-refractivity contribution in [1.82, 2.24) is 0 Å². The molecule has 2 aromatic carbocycles. The Hall–Kier alpha value is -1.36. The van der Waals surface area contributed by atoms with E-state index in [1.165, 1.54) is 0 Å². The van der Waals surface area contributed by atoms with Crippen LogP contribution in [-0.2, 0) is 6.54 Å². The summed E-state index contributed by atoms with van der Waals surface area (Å²) in [5.74, 6) is 1.16. The highest BCUT2D eigenvalue weighted by Gasteiger charge is 2.12. The van der Waals surface area contributed by atoms with Gasteiger partial charge in [-0.15, -0.1) is 0 Å². The summed E-state index contributed by atoms with van der Waals surface area (Å²) in [6, 6.07) is 9.48. The zero-order valence-corrected chi connectivity index (χ0v) is 16.3. The Morgan fingerprint density at radius 1 is 1.17 bits per heavy atom. The summed E-state index contributed by atoms with van der Waals surface area (Å²) in [5, 5.41) is 4.47. The zero-order valence-electron chi connectivity index (χ0n) is 13.2. The smallest absolute Gasteiger partial charge is 0.180 e. The first-order valence-corrected chi connectivity index (χ1v) is 8.97. The quantitative estimate of drug-likeness (QED) is 0.496. The van der Waals surface area contributed by atoms with E-state index in [2.05, 4.69) is 27.8 Å². The molecule has 0 saturated heterocycles. The van der Waals surface area contributed by atoms with Gasteiger partial charge in [0.1, 0.15) is 6.61 Å². The van der Waals surface area contributed by atoms with E-state index < -0.39 is 0 Å². The molecule has 0 atom stereocenters. The van der Waals surface area contributed by atoms with Crippen LogP contribution in [0.2, 0.25) is 10.0 Å². The summed E-state index contributed by atoms with van der Waals surface area (Å²) in [7, 11) is 0. The predicted octanol–water partition coefficient (Wildman–Crippen LogP) is 6.33. The van der Waals surface area contributed by atoms with Gasteiger partial charge in [-0.25, -0.2) is 0 Å². The minimum Gasteiger partial charge on any atom is -0.490 e. The van der Waals surface area contributed by atoms with Crippen molar-refractivity contribution in [2.75, 3.05) is 18.5 Å². The topological polar surface area (TPSA) is 30.5 Å². The van der Waals surface area contributed by atoms with Gasteiger partial charge in [0.05, 0.1) is 16.7 Å². The fourth-order valence-corrected chi connectivity index (χ4v) is 2.79. The van der Waals surface area contributed by atoms with Crippen molar-refractivity contribution in [2.45, 2.75) is 13.5 Å². The number of nitrogens with one attached hydrogen (secondary N) is 1. The number of hydrogen-bond donors (Lipinski definition) is 1. The van der Waals surface area contributed by atoms with Crippen molar-refractivity contribution < 1.29 is 9.47 Å². The van der Waals surface area contributed by atoms with Gasteiger partial charge in [0.2, 0.25) is 0 Å². The number of anilines is 1. The molecule has 0 radical (unpaired) electrons. The summed E-state index contributed by atoms with van der Waals surface area (Å²) < 4.78 is 12.1. The molecule has 0 aromatic heterocycles. The Morgan fingerprint density at radius 3 is 2.62 bits per heavy atom. The van der Waals surface area contributed by atoms with E-state index in [0.717, 1.165) is 15.7 Å². The summed E-state index contributed by atoms with van der Waals surface area (Å²) >= 11 is 15.8. The predicted molar refractivity (Wildman–Crippen MR) is 105 cm³/mol. The molecule has 0 amide bonds. The molecule has 0 heterocycles. The van der Waals surface area contributed by atoms with Crippen molar-refractivity contribution in [3.8, 4) is 11.5 Å². The van der Waals surface area contributed by atoms with Crippen molar-refractivity contribution in [2.24, 2.45) is 0 Å². The minimum absolute atomic E-state index is 0.370. The van der Waals surface area contributed by atoms with E-state index in [4.69, 9.17) is 32.7 Å². The average molecular weight is 431 g/mol. The molecule has 0 fully saturated rings. The molecule has 0 saturated carbocycles. The monoisotopic (exact) mass is 429 g/mol. The largest absolute Gasteiger partial charge is 0.490 e. The Bertz CT molecular complexity index is 722. The molecule has 24 heavy (non-hydrogen) atoms. The van der Waals surface area contributed by atoms with E-state index in [0.29, 0.717) is 41.3 Å². The van der Waals surface area contributed by atoms with E-state index in [1.54, 1.807) is 6.08 Å². The Labute approximate surface area is 160 Å². The van der Waals surface area contributed by atoms with E-state index in [-0.39, 0.29) is 0 Å². The molecular formula is C18H18BrCl2NO2. The van der Waals surface area contributed by atoms with Gasteiger partial charge in [-0.05, 0) is 58.7 Å². The minimum atomic E-state index is 0.370. The lowest BCUT2D eigenvalue weighted by molar-refractivity contribution is 0.297. The molecule has 0 spiro atoms. The maximum atomic E-state index is 6.34. The van der Waals surface area contributed by atoms with Gasteiger partial charge >= 0.3 is 0 Å².